The van der Waals surface area contributed by atoms with Crippen molar-refractivity contribution in [2.45, 2.75) is 81.6 Å². The number of aliphatic hydroxyl groups is 1. The molecule has 3 saturated heterocycles. The van der Waals surface area contributed by atoms with Crippen LogP contribution in [0.3, 0.4) is 0 Å². The van der Waals surface area contributed by atoms with Gasteiger partial charge in [-0.3, -0.25) is 14.4 Å². The Hall–Kier alpha value is -2.17. The van der Waals surface area contributed by atoms with Crippen LogP contribution in [0.2, 0.25) is 0 Å². The Bertz CT molecular complexity index is 990. The summed E-state index contributed by atoms with van der Waals surface area (Å²) in [5.74, 6) is -1.85. The SMILES string of the molecule is CCCC(C)NC(=O)C1N([C@H](C)CO)C(=O)[C@@H]2[C@@H](C(=O)Nc3ccc(OCC)cc3)[C@@H]3OC12CC3Br. The van der Waals surface area contributed by atoms with E-state index in [9.17, 15) is 19.5 Å². The monoisotopic (exact) mass is 565 g/mol. The van der Waals surface area contributed by atoms with Gasteiger partial charge in [0.15, 0.2) is 0 Å². The summed E-state index contributed by atoms with van der Waals surface area (Å²) in [5, 5.41) is 15.9. The molecule has 4 unspecified atom stereocenters. The first kappa shape index (κ1) is 26.9. The van der Waals surface area contributed by atoms with Crippen molar-refractivity contribution in [1.29, 1.82) is 0 Å². The number of carbonyl (C=O) groups is 3. The molecule has 2 bridgehead atoms. The van der Waals surface area contributed by atoms with Gasteiger partial charge < -0.3 is 30.1 Å². The van der Waals surface area contributed by atoms with Crippen molar-refractivity contribution in [2.75, 3.05) is 18.5 Å². The lowest BCUT2D eigenvalue weighted by Gasteiger charge is -2.36. The topological polar surface area (TPSA) is 117 Å². The van der Waals surface area contributed by atoms with E-state index in [1.165, 1.54) is 4.90 Å². The van der Waals surface area contributed by atoms with E-state index in [1.54, 1.807) is 31.2 Å². The second kappa shape index (κ2) is 10.7. The van der Waals surface area contributed by atoms with Crippen molar-refractivity contribution in [3.63, 3.8) is 0 Å². The molecule has 36 heavy (non-hydrogen) atoms. The minimum absolute atomic E-state index is 0.0727. The van der Waals surface area contributed by atoms with Crippen LogP contribution >= 0.6 is 15.9 Å². The Morgan fingerprint density at radius 1 is 1.25 bits per heavy atom. The highest BCUT2D eigenvalue weighted by molar-refractivity contribution is 9.09. The van der Waals surface area contributed by atoms with Crippen LogP contribution in [0.25, 0.3) is 0 Å². The van der Waals surface area contributed by atoms with Crippen molar-refractivity contribution in [2.24, 2.45) is 11.8 Å². The zero-order valence-corrected chi connectivity index (χ0v) is 22.8. The number of fused-ring (bicyclic) bond motifs is 1. The lowest BCUT2D eigenvalue weighted by atomic mass is 9.70. The molecule has 1 aromatic rings. The van der Waals surface area contributed by atoms with Gasteiger partial charge in [0.1, 0.15) is 17.4 Å². The van der Waals surface area contributed by atoms with E-state index in [1.807, 2.05) is 20.8 Å². The third kappa shape index (κ3) is 4.52. The summed E-state index contributed by atoms with van der Waals surface area (Å²) in [7, 11) is 0. The van der Waals surface area contributed by atoms with Crippen molar-refractivity contribution in [3.8, 4) is 5.75 Å². The highest BCUT2D eigenvalue weighted by Crippen LogP contribution is 2.60. The van der Waals surface area contributed by atoms with E-state index in [4.69, 9.17) is 9.47 Å². The molecule has 0 aromatic heterocycles. The number of anilines is 1. The van der Waals surface area contributed by atoms with Gasteiger partial charge in [-0.15, -0.1) is 0 Å². The first-order chi connectivity index (χ1) is 17.2. The summed E-state index contributed by atoms with van der Waals surface area (Å²) in [4.78, 5) is 42.2. The Morgan fingerprint density at radius 2 is 1.94 bits per heavy atom. The second-order valence-corrected chi connectivity index (χ2v) is 11.3. The molecule has 3 aliphatic rings. The smallest absolute Gasteiger partial charge is 0.246 e. The molecule has 9 nitrogen and oxygen atoms in total. The van der Waals surface area contributed by atoms with Crippen molar-refractivity contribution in [1.82, 2.24) is 10.2 Å². The average Bonchev–Trinajstić information content (AvgIpc) is 3.43. The summed E-state index contributed by atoms with van der Waals surface area (Å²) < 4.78 is 11.9. The van der Waals surface area contributed by atoms with Crippen LogP contribution in [0.5, 0.6) is 5.75 Å². The average molecular weight is 566 g/mol. The number of ether oxygens (including phenoxy) is 2. The van der Waals surface area contributed by atoms with Gasteiger partial charge >= 0.3 is 0 Å². The molecule has 1 aromatic carbocycles. The highest BCUT2D eigenvalue weighted by Gasteiger charge is 2.76. The van der Waals surface area contributed by atoms with Crippen LogP contribution in [0.15, 0.2) is 24.3 Å². The van der Waals surface area contributed by atoms with Gasteiger partial charge in [0.25, 0.3) is 0 Å². The number of halogens is 1. The maximum absolute atomic E-state index is 13.8. The molecule has 0 radical (unpaired) electrons. The summed E-state index contributed by atoms with van der Waals surface area (Å²) in [6.07, 6.45) is 1.59. The van der Waals surface area contributed by atoms with Crippen molar-refractivity contribution < 1.29 is 29.0 Å². The second-order valence-electron chi connectivity index (χ2n) is 10.1. The van der Waals surface area contributed by atoms with Gasteiger partial charge in [-0.25, -0.2) is 0 Å². The zero-order valence-electron chi connectivity index (χ0n) is 21.2. The fourth-order valence-corrected chi connectivity index (χ4v) is 7.03. The maximum Gasteiger partial charge on any atom is 0.246 e. The number of alkyl halides is 1. The van der Waals surface area contributed by atoms with Gasteiger partial charge in [-0.1, -0.05) is 29.3 Å². The van der Waals surface area contributed by atoms with Crippen molar-refractivity contribution in [3.05, 3.63) is 24.3 Å². The van der Waals surface area contributed by atoms with Gasteiger partial charge in [0.05, 0.1) is 37.2 Å². The van der Waals surface area contributed by atoms with Crippen LogP contribution in [-0.2, 0) is 19.1 Å². The minimum Gasteiger partial charge on any atom is -0.494 e. The molecule has 3 fully saturated rings. The van der Waals surface area contributed by atoms with Crippen LogP contribution in [0, 0.1) is 11.8 Å². The molecule has 3 aliphatic heterocycles. The first-order valence-electron chi connectivity index (χ1n) is 12.8. The van der Waals surface area contributed by atoms with Gasteiger partial charge in [0.2, 0.25) is 17.7 Å². The molecule has 3 amide bonds. The largest absolute Gasteiger partial charge is 0.494 e. The predicted molar refractivity (Wildman–Crippen MR) is 138 cm³/mol. The number of likely N-dealkylation sites (tertiary alicyclic amines) is 1. The number of rotatable bonds is 10. The number of hydrogen-bond donors (Lipinski definition) is 3. The number of hydrogen-bond acceptors (Lipinski definition) is 6. The van der Waals surface area contributed by atoms with Gasteiger partial charge in [-0.05, 0) is 57.9 Å². The molecule has 4 rings (SSSR count). The Kier molecular flexibility index (Phi) is 7.97. The number of nitrogens with one attached hydrogen (secondary N) is 2. The van der Waals surface area contributed by atoms with Crippen LogP contribution < -0.4 is 15.4 Å². The molecule has 8 atom stereocenters. The molecule has 3 N–H and O–H groups in total. The van der Waals surface area contributed by atoms with Gasteiger partial charge in [-0.2, -0.15) is 0 Å². The molecule has 0 saturated carbocycles. The van der Waals surface area contributed by atoms with E-state index >= 15 is 0 Å². The van der Waals surface area contributed by atoms with E-state index in [2.05, 4.69) is 26.6 Å². The summed E-state index contributed by atoms with van der Waals surface area (Å²) >= 11 is 3.66. The summed E-state index contributed by atoms with van der Waals surface area (Å²) in [5.41, 5.74) is -0.559. The fourth-order valence-electron chi connectivity index (χ4n) is 6.08. The number of benzene rings is 1. The lowest BCUT2D eigenvalue weighted by molar-refractivity contribution is -0.144. The Balaban J connectivity index is 1.64. The van der Waals surface area contributed by atoms with E-state index in [-0.39, 0.29) is 35.2 Å². The number of aliphatic hydroxyl groups excluding tert-OH is 1. The van der Waals surface area contributed by atoms with E-state index in [0.717, 1.165) is 12.8 Å². The van der Waals surface area contributed by atoms with E-state index < -0.39 is 35.6 Å². The summed E-state index contributed by atoms with van der Waals surface area (Å²) in [6.45, 7) is 7.82. The number of amides is 3. The fraction of sp³-hybridized carbons (Fsp3) is 0.654. The van der Waals surface area contributed by atoms with Crippen LogP contribution in [0.1, 0.15) is 47.0 Å². The third-order valence-electron chi connectivity index (χ3n) is 7.56. The normalized spacial score (nSPS) is 32.2. The van der Waals surface area contributed by atoms with Crippen LogP contribution in [-0.4, -0.2) is 75.6 Å². The standard InChI is InChI=1S/C26H36BrN3O6/c1-5-7-14(3)28-24(33)22-26-12-18(27)21(36-26)19(20(26)25(34)30(22)15(4)13-31)23(32)29-16-8-10-17(11-9-16)35-6-2/h8-11,14-15,18-22,31H,5-7,12-13H2,1-4H3,(H,28,33)(H,29,32)/t14?,15-,18?,19-,20+,21-,22?,26?/m1/s1. The number of carbonyl (C=O) groups excluding carboxylic acids is 3. The molecule has 198 valence electrons. The van der Waals surface area contributed by atoms with Crippen molar-refractivity contribution >= 4 is 39.3 Å². The Labute approximate surface area is 220 Å². The lowest BCUT2D eigenvalue weighted by Crippen LogP contribution is -2.58. The zero-order chi connectivity index (χ0) is 26.2. The quantitative estimate of drug-likeness (QED) is 0.375. The molecule has 3 heterocycles. The van der Waals surface area contributed by atoms with Crippen LogP contribution in [0.4, 0.5) is 5.69 Å². The minimum atomic E-state index is -1.14. The molecule has 1 spiro atoms. The summed E-state index contributed by atoms with van der Waals surface area (Å²) in [6, 6.07) is 5.45. The highest BCUT2D eigenvalue weighted by atomic mass is 79.9. The molecular weight excluding hydrogens is 530 g/mol. The Morgan fingerprint density at radius 3 is 2.56 bits per heavy atom. The maximum atomic E-state index is 13.8. The van der Waals surface area contributed by atoms with E-state index in [0.29, 0.717) is 24.5 Å². The third-order valence-corrected chi connectivity index (χ3v) is 8.41. The molecule has 10 heteroatoms. The molecule has 0 aliphatic carbocycles. The molecular formula is C26H36BrN3O6. The number of nitrogens with zero attached hydrogens (tertiary/aromatic N) is 1. The van der Waals surface area contributed by atoms with Gasteiger partial charge in [0, 0.05) is 16.6 Å². The first-order valence-corrected chi connectivity index (χ1v) is 13.7. The predicted octanol–water partition coefficient (Wildman–Crippen LogP) is 2.46.